The lowest BCUT2D eigenvalue weighted by atomic mass is 10.2. The van der Waals surface area contributed by atoms with Crippen LogP contribution in [0.1, 0.15) is 24.4 Å². The van der Waals surface area contributed by atoms with Crippen molar-refractivity contribution in [1.29, 1.82) is 0 Å². The zero-order valence-electron chi connectivity index (χ0n) is 10.2. The summed E-state index contributed by atoms with van der Waals surface area (Å²) in [7, 11) is 0. The molecule has 0 amide bonds. The van der Waals surface area contributed by atoms with E-state index >= 15 is 0 Å². The van der Waals surface area contributed by atoms with E-state index in [-0.39, 0.29) is 10.6 Å². The fourth-order valence-electron chi connectivity index (χ4n) is 2.00. The van der Waals surface area contributed by atoms with Gasteiger partial charge in [0.2, 0.25) is 0 Å². The fourth-order valence-corrected chi connectivity index (χ4v) is 3.02. The average molecular weight is 275 g/mol. The van der Waals surface area contributed by atoms with Gasteiger partial charge >= 0.3 is 0 Å². The van der Waals surface area contributed by atoms with Gasteiger partial charge in [0.15, 0.2) is 5.16 Å². The SMILES string of the molecule is O=[N+]([O-])c1ccccc1CSc1nccn1C1CC1. The molecule has 0 atom stereocenters. The van der Waals surface area contributed by atoms with Crippen LogP contribution in [-0.2, 0) is 5.75 Å². The molecule has 0 spiro atoms. The second kappa shape index (κ2) is 5.05. The molecule has 0 aliphatic heterocycles. The van der Waals surface area contributed by atoms with Gasteiger partial charge in [0.05, 0.1) is 4.92 Å². The van der Waals surface area contributed by atoms with Crippen molar-refractivity contribution in [2.75, 3.05) is 0 Å². The Bertz CT molecular complexity index is 607. The number of nitro groups is 1. The summed E-state index contributed by atoms with van der Waals surface area (Å²) in [4.78, 5) is 14.9. The Morgan fingerprint density at radius 1 is 1.42 bits per heavy atom. The van der Waals surface area contributed by atoms with Crippen LogP contribution in [0.15, 0.2) is 41.8 Å². The summed E-state index contributed by atoms with van der Waals surface area (Å²) in [5, 5.41) is 11.9. The molecular weight excluding hydrogens is 262 g/mol. The van der Waals surface area contributed by atoms with Crippen molar-refractivity contribution >= 4 is 17.4 Å². The highest BCUT2D eigenvalue weighted by Gasteiger charge is 2.25. The molecule has 3 rings (SSSR count). The molecule has 1 heterocycles. The van der Waals surface area contributed by atoms with Crippen LogP contribution in [0.3, 0.4) is 0 Å². The van der Waals surface area contributed by atoms with Crippen molar-refractivity contribution in [3.8, 4) is 0 Å². The van der Waals surface area contributed by atoms with Crippen molar-refractivity contribution in [3.05, 3.63) is 52.3 Å². The van der Waals surface area contributed by atoms with Gasteiger partial charge in [0.25, 0.3) is 5.69 Å². The first kappa shape index (κ1) is 12.2. The second-order valence-corrected chi connectivity index (χ2v) is 5.47. The Morgan fingerprint density at radius 2 is 2.21 bits per heavy atom. The molecule has 0 bridgehead atoms. The first-order valence-electron chi connectivity index (χ1n) is 6.13. The van der Waals surface area contributed by atoms with E-state index in [1.807, 2.05) is 12.3 Å². The number of hydrogen-bond acceptors (Lipinski definition) is 4. The Morgan fingerprint density at radius 3 is 2.95 bits per heavy atom. The average Bonchev–Trinajstić information content (AvgIpc) is 3.15. The third-order valence-corrected chi connectivity index (χ3v) is 4.15. The van der Waals surface area contributed by atoms with Crippen molar-refractivity contribution < 1.29 is 4.92 Å². The quantitative estimate of drug-likeness (QED) is 0.476. The third-order valence-electron chi connectivity index (χ3n) is 3.12. The third kappa shape index (κ3) is 2.63. The van der Waals surface area contributed by atoms with E-state index in [0.29, 0.717) is 11.8 Å². The second-order valence-electron chi connectivity index (χ2n) is 4.52. The van der Waals surface area contributed by atoms with E-state index in [9.17, 15) is 10.1 Å². The number of imidazole rings is 1. The van der Waals surface area contributed by atoms with Gasteiger partial charge in [-0.25, -0.2) is 4.98 Å². The van der Waals surface area contributed by atoms with Crippen molar-refractivity contribution in [2.45, 2.75) is 29.8 Å². The van der Waals surface area contributed by atoms with Crippen LogP contribution in [0, 0.1) is 10.1 Å². The summed E-state index contributed by atoms with van der Waals surface area (Å²) < 4.78 is 2.17. The maximum absolute atomic E-state index is 10.9. The van der Waals surface area contributed by atoms with Crippen molar-refractivity contribution in [2.24, 2.45) is 0 Å². The fraction of sp³-hybridized carbons (Fsp3) is 0.308. The number of hydrogen-bond donors (Lipinski definition) is 0. The van der Waals surface area contributed by atoms with E-state index in [1.54, 1.807) is 36.2 Å². The molecule has 0 N–H and O–H groups in total. The zero-order valence-corrected chi connectivity index (χ0v) is 11.0. The Balaban J connectivity index is 1.75. The van der Waals surface area contributed by atoms with E-state index < -0.39 is 0 Å². The predicted octanol–water partition coefficient (Wildman–Crippen LogP) is 3.42. The van der Waals surface area contributed by atoms with Gasteiger partial charge in [-0.3, -0.25) is 10.1 Å². The summed E-state index contributed by atoms with van der Waals surface area (Å²) in [6.45, 7) is 0. The molecule has 1 aliphatic carbocycles. The molecular formula is C13H13N3O2S. The molecule has 98 valence electrons. The molecule has 1 saturated carbocycles. The summed E-state index contributed by atoms with van der Waals surface area (Å²) in [6, 6.07) is 7.45. The number of nitro benzene ring substituents is 1. The number of nitrogens with zero attached hydrogens (tertiary/aromatic N) is 3. The number of thioether (sulfide) groups is 1. The van der Waals surface area contributed by atoms with Crippen LogP contribution in [0.25, 0.3) is 0 Å². The number of aromatic nitrogens is 2. The number of benzene rings is 1. The summed E-state index contributed by atoms with van der Waals surface area (Å²) >= 11 is 1.55. The Hall–Kier alpha value is -1.82. The minimum absolute atomic E-state index is 0.180. The Labute approximate surface area is 114 Å². The summed E-state index contributed by atoms with van der Waals surface area (Å²) in [5.74, 6) is 0.570. The predicted molar refractivity (Wildman–Crippen MR) is 73.2 cm³/mol. The topological polar surface area (TPSA) is 61.0 Å². The standard InChI is InChI=1S/C13H13N3O2S/c17-16(18)12-4-2-1-3-10(12)9-19-13-14-7-8-15(13)11-5-6-11/h1-4,7-8,11H,5-6,9H2. The minimum atomic E-state index is -0.330. The molecule has 19 heavy (non-hydrogen) atoms. The lowest BCUT2D eigenvalue weighted by molar-refractivity contribution is -0.385. The zero-order chi connectivity index (χ0) is 13.2. The lowest BCUT2D eigenvalue weighted by Crippen LogP contribution is -1.97. The van der Waals surface area contributed by atoms with Gasteiger partial charge < -0.3 is 4.57 Å². The maximum Gasteiger partial charge on any atom is 0.273 e. The normalized spacial score (nSPS) is 14.5. The van der Waals surface area contributed by atoms with Crippen LogP contribution < -0.4 is 0 Å². The van der Waals surface area contributed by atoms with Crippen molar-refractivity contribution in [3.63, 3.8) is 0 Å². The molecule has 1 aliphatic rings. The summed E-state index contributed by atoms with van der Waals surface area (Å²) in [6.07, 6.45) is 6.18. The molecule has 0 radical (unpaired) electrons. The van der Waals surface area contributed by atoms with Gasteiger partial charge in [0, 0.05) is 35.8 Å². The van der Waals surface area contributed by atoms with Crippen LogP contribution in [0.4, 0.5) is 5.69 Å². The largest absolute Gasteiger partial charge is 0.323 e. The van der Waals surface area contributed by atoms with E-state index in [1.165, 1.54) is 12.8 Å². The lowest BCUT2D eigenvalue weighted by Gasteiger charge is -2.05. The van der Waals surface area contributed by atoms with E-state index in [0.717, 1.165) is 10.7 Å². The number of rotatable bonds is 5. The molecule has 1 aromatic heterocycles. The van der Waals surface area contributed by atoms with E-state index in [4.69, 9.17) is 0 Å². The van der Waals surface area contributed by atoms with Gasteiger partial charge in [-0.05, 0) is 12.8 Å². The summed E-state index contributed by atoms with van der Waals surface area (Å²) in [5.41, 5.74) is 0.919. The van der Waals surface area contributed by atoms with Crippen LogP contribution >= 0.6 is 11.8 Å². The molecule has 0 saturated heterocycles. The van der Waals surface area contributed by atoms with Crippen LogP contribution in [0.5, 0.6) is 0 Å². The molecule has 2 aromatic rings. The number of para-hydroxylation sites is 1. The molecule has 1 aromatic carbocycles. The van der Waals surface area contributed by atoms with E-state index in [2.05, 4.69) is 9.55 Å². The first-order chi connectivity index (χ1) is 9.25. The highest BCUT2D eigenvalue weighted by atomic mass is 32.2. The van der Waals surface area contributed by atoms with Gasteiger partial charge in [-0.15, -0.1) is 0 Å². The minimum Gasteiger partial charge on any atom is -0.323 e. The monoisotopic (exact) mass is 275 g/mol. The molecule has 6 heteroatoms. The first-order valence-corrected chi connectivity index (χ1v) is 7.12. The highest BCUT2D eigenvalue weighted by molar-refractivity contribution is 7.98. The van der Waals surface area contributed by atoms with Crippen LogP contribution in [-0.4, -0.2) is 14.5 Å². The smallest absolute Gasteiger partial charge is 0.273 e. The van der Waals surface area contributed by atoms with Gasteiger partial charge in [-0.1, -0.05) is 30.0 Å². The van der Waals surface area contributed by atoms with Crippen molar-refractivity contribution in [1.82, 2.24) is 9.55 Å². The van der Waals surface area contributed by atoms with Gasteiger partial charge in [0.1, 0.15) is 0 Å². The highest BCUT2D eigenvalue weighted by Crippen LogP contribution is 2.38. The molecule has 1 fully saturated rings. The Kier molecular flexibility index (Phi) is 3.25. The van der Waals surface area contributed by atoms with Gasteiger partial charge in [-0.2, -0.15) is 0 Å². The molecule has 0 unspecified atom stereocenters. The maximum atomic E-state index is 10.9. The van der Waals surface area contributed by atoms with Crippen LogP contribution in [0.2, 0.25) is 0 Å². The molecule has 5 nitrogen and oxygen atoms in total.